The van der Waals surface area contributed by atoms with Gasteiger partial charge < -0.3 is 21.0 Å². The number of nitrogens with zero attached hydrogens (tertiary/aromatic N) is 1. The number of hydrogen-bond acceptors (Lipinski definition) is 9. The van der Waals surface area contributed by atoms with Crippen LogP contribution in [-0.4, -0.2) is 51.7 Å². The van der Waals surface area contributed by atoms with Gasteiger partial charge in [-0.2, -0.15) is 17.9 Å². The van der Waals surface area contributed by atoms with Crippen LogP contribution in [0.4, 0.5) is 13.2 Å². The van der Waals surface area contributed by atoms with Crippen LogP contribution in [-0.2, 0) is 40.6 Å². The molecule has 2 rings (SSSR count). The summed E-state index contributed by atoms with van der Waals surface area (Å²) in [6.45, 7) is 0.440. The lowest BCUT2D eigenvalue weighted by molar-refractivity contribution is -0.286. The van der Waals surface area contributed by atoms with Crippen LogP contribution in [0.3, 0.4) is 0 Å². The highest BCUT2D eigenvalue weighted by atomic mass is 32.2. The molecule has 0 unspecified atom stereocenters. The van der Waals surface area contributed by atoms with Gasteiger partial charge in [0.15, 0.2) is 0 Å². The molecule has 0 saturated heterocycles. The van der Waals surface area contributed by atoms with Crippen LogP contribution in [0.5, 0.6) is 5.75 Å². The average molecular weight is 548 g/mol. The van der Waals surface area contributed by atoms with E-state index in [-0.39, 0.29) is 30.5 Å². The molecule has 37 heavy (non-hydrogen) atoms. The van der Waals surface area contributed by atoms with Crippen molar-refractivity contribution in [3.05, 3.63) is 60.2 Å². The van der Waals surface area contributed by atoms with Crippen molar-refractivity contribution in [2.24, 2.45) is 16.6 Å². The molecule has 0 radical (unpaired) electrons. The third kappa shape index (κ3) is 10.2. The molecule has 16 heteroatoms. The highest BCUT2D eigenvalue weighted by Crippen LogP contribution is 2.18. The number of oxime groups is 1. The second-order valence-corrected chi connectivity index (χ2v) is 8.87. The highest BCUT2D eigenvalue weighted by molar-refractivity contribution is 7.89. The maximum Gasteiger partial charge on any atom is 0.495 e. The van der Waals surface area contributed by atoms with Gasteiger partial charge in [0, 0.05) is 6.42 Å². The first kappa shape index (κ1) is 29.2. The molecule has 12 nitrogen and oxygen atoms in total. The summed E-state index contributed by atoms with van der Waals surface area (Å²) in [5, 5.41) is 3.35. The number of rotatable bonds is 12. The smallest absolute Gasteiger partial charge is 0.493 e. The lowest BCUT2D eigenvalue weighted by atomic mass is 10.1. The van der Waals surface area contributed by atoms with Crippen LogP contribution < -0.4 is 20.9 Å². The van der Waals surface area contributed by atoms with Crippen molar-refractivity contribution in [3.63, 3.8) is 0 Å². The van der Waals surface area contributed by atoms with E-state index in [0.717, 1.165) is 0 Å². The first-order chi connectivity index (χ1) is 17.4. The molecule has 0 aliphatic rings. The number of nitrogens with two attached hydrogens (primary N) is 2. The number of ether oxygens (including phenoxy) is 1. The first-order valence-electron chi connectivity index (χ1n) is 10.4. The fourth-order valence-electron chi connectivity index (χ4n) is 2.60. The van der Waals surface area contributed by atoms with Crippen molar-refractivity contribution >= 4 is 27.9 Å². The van der Waals surface area contributed by atoms with E-state index >= 15 is 0 Å². The largest absolute Gasteiger partial charge is 0.495 e. The molecule has 5 N–H and O–H groups in total. The van der Waals surface area contributed by atoms with E-state index in [1.165, 1.54) is 48.5 Å². The molecule has 0 fully saturated rings. The third-order valence-electron chi connectivity index (χ3n) is 4.25. The average Bonchev–Trinajstić information content (AvgIpc) is 2.84. The van der Waals surface area contributed by atoms with Crippen molar-refractivity contribution < 1.29 is 50.5 Å². The van der Waals surface area contributed by atoms with Crippen LogP contribution >= 0.6 is 0 Å². The number of carbonyl (C=O) groups excluding carboxylic acids is 2. The Balaban J connectivity index is 2.07. The highest BCUT2D eigenvalue weighted by Gasteiger charge is 2.43. The number of halogens is 3. The Morgan fingerprint density at radius 1 is 0.973 bits per heavy atom. The van der Waals surface area contributed by atoms with E-state index < -0.39 is 34.2 Å². The Morgan fingerprint density at radius 2 is 1.62 bits per heavy atom. The minimum Gasteiger partial charge on any atom is -0.493 e. The van der Waals surface area contributed by atoms with Crippen molar-refractivity contribution in [1.82, 2.24) is 4.72 Å². The van der Waals surface area contributed by atoms with E-state index in [0.29, 0.717) is 17.7 Å². The Kier molecular flexibility index (Phi) is 10.5. The minimum atomic E-state index is -5.42. The zero-order chi connectivity index (χ0) is 27.5. The fraction of sp³-hybridized carbons (Fsp3) is 0.286. The number of benzene rings is 2. The lowest BCUT2D eigenvalue weighted by Gasteiger charge is -2.17. The summed E-state index contributed by atoms with van der Waals surface area (Å²) in [4.78, 5) is 35.3. The summed E-state index contributed by atoms with van der Waals surface area (Å²) >= 11 is 0. The van der Waals surface area contributed by atoms with Crippen LogP contribution in [0, 0.1) is 0 Å². The van der Waals surface area contributed by atoms with Gasteiger partial charge in [-0.15, -0.1) is 0 Å². The molecule has 0 amide bonds. The van der Waals surface area contributed by atoms with Crippen molar-refractivity contribution in [3.8, 4) is 5.75 Å². The predicted molar refractivity (Wildman–Crippen MR) is 121 cm³/mol. The summed E-state index contributed by atoms with van der Waals surface area (Å²) in [5.74, 6) is -4.15. The van der Waals surface area contributed by atoms with Crippen LogP contribution in [0.15, 0.2) is 64.6 Å². The fourth-order valence-corrected chi connectivity index (χ4v) is 3.81. The zero-order valence-corrected chi connectivity index (χ0v) is 19.8. The molecule has 2 aromatic carbocycles. The summed E-state index contributed by atoms with van der Waals surface area (Å²) in [7, 11) is -4.30. The zero-order valence-electron chi connectivity index (χ0n) is 19.0. The molecular weight excluding hydrogens is 525 g/mol. The summed E-state index contributed by atoms with van der Waals surface area (Å²) in [5.41, 5.74) is 10.6. The summed E-state index contributed by atoms with van der Waals surface area (Å²) < 4.78 is 69.9. The molecule has 0 spiro atoms. The first-order valence-corrected chi connectivity index (χ1v) is 11.9. The van der Waals surface area contributed by atoms with Gasteiger partial charge in [0.1, 0.15) is 18.4 Å². The number of alkyl halides is 3. The molecule has 0 aliphatic carbocycles. The molecule has 0 bridgehead atoms. The molecule has 202 valence electrons. The van der Waals surface area contributed by atoms with Gasteiger partial charge >= 0.3 is 18.1 Å². The molecular formula is C21H23F3N4O8S. The normalized spacial score (nSPS) is 12.2. The van der Waals surface area contributed by atoms with Gasteiger partial charge in [0.05, 0.1) is 11.5 Å². The maximum absolute atomic E-state index is 12.7. The molecule has 0 saturated carbocycles. The number of guanidine groups is 1. The van der Waals surface area contributed by atoms with Gasteiger partial charge in [-0.1, -0.05) is 30.3 Å². The molecule has 2 aromatic rings. The molecule has 0 aliphatic heterocycles. The number of carbonyl (C=O) groups is 2. The van der Waals surface area contributed by atoms with Crippen LogP contribution in [0.25, 0.3) is 0 Å². The monoisotopic (exact) mass is 548 g/mol. The van der Waals surface area contributed by atoms with Crippen molar-refractivity contribution in [2.75, 3.05) is 13.2 Å². The molecule has 0 aromatic heterocycles. The Bertz CT molecular complexity index is 1170. The number of sulfonamides is 1. The SMILES string of the molecule is NC(N)=NOCCCOc1ccc(C[C@H](NS(=O)(=O)c2ccccc2)C(=O)OOC(=O)C(F)(F)F)cc1. The van der Waals surface area contributed by atoms with Crippen LogP contribution in [0.2, 0.25) is 0 Å². The summed E-state index contributed by atoms with van der Waals surface area (Å²) in [6.07, 6.45) is -5.34. The van der Waals surface area contributed by atoms with Gasteiger partial charge in [-0.05, 0) is 41.4 Å². The standard InChI is InChI=1S/C21H23F3N4O8S/c22-21(23,24)19(30)36-35-18(29)17(28-37(31,32)16-5-2-1-3-6-16)13-14-7-9-15(10-8-14)33-11-4-12-34-27-20(25)26/h1-3,5-10,17,28H,4,11-13H2,(H4,25,26,27)/t17-/m0/s1. The Morgan fingerprint density at radius 3 is 2.22 bits per heavy atom. The maximum atomic E-state index is 12.7. The quantitative estimate of drug-likeness (QED) is 0.114. The lowest BCUT2D eigenvalue weighted by Crippen LogP contribution is -2.44. The second kappa shape index (κ2) is 13.3. The van der Waals surface area contributed by atoms with Gasteiger partial charge in [-0.25, -0.2) is 27.8 Å². The van der Waals surface area contributed by atoms with E-state index in [1.54, 1.807) is 6.07 Å². The second-order valence-electron chi connectivity index (χ2n) is 7.16. The van der Waals surface area contributed by atoms with E-state index in [9.17, 15) is 31.2 Å². The van der Waals surface area contributed by atoms with E-state index in [2.05, 4.69) is 14.9 Å². The third-order valence-corrected chi connectivity index (χ3v) is 5.74. The van der Waals surface area contributed by atoms with Crippen molar-refractivity contribution in [1.29, 1.82) is 0 Å². The molecule has 1 atom stereocenters. The Labute approximate surface area is 209 Å². The summed E-state index contributed by atoms with van der Waals surface area (Å²) in [6, 6.07) is 11.2. The van der Waals surface area contributed by atoms with Gasteiger partial charge in [0.2, 0.25) is 16.0 Å². The predicted octanol–water partition coefficient (Wildman–Crippen LogP) is 1.11. The van der Waals surface area contributed by atoms with E-state index in [1.807, 2.05) is 4.72 Å². The van der Waals surface area contributed by atoms with Gasteiger partial charge in [0.25, 0.3) is 0 Å². The molecule has 0 heterocycles. The number of hydrogen-bond donors (Lipinski definition) is 3. The van der Waals surface area contributed by atoms with E-state index in [4.69, 9.17) is 21.0 Å². The topological polar surface area (TPSA) is 182 Å². The van der Waals surface area contributed by atoms with Gasteiger partial charge in [-0.3, -0.25) is 0 Å². The Hall–Kier alpha value is -4.05. The van der Waals surface area contributed by atoms with Crippen LogP contribution in [0.1, 0.15) is 12.0 Å². The number of nitrogens with one attached hydrogen (secondary N) is 1. The minimum absolute atomic E-state index is 0.195. The van der Waals surface area contributed by atoms with Crippen molar-refractivity contribution in [2.45, 2.75) is 30.0 Å².